The molecule has 24 heavy (non-hydrogen) atoms. The molecule has 0 atom stereocenters. The van der Waals surface area contributed by atoms with E-state index >= 15 is 0 Å². The average molecular weight is 334 g/mol. The largest absolute Gasteiger partial charge is 0.323 e. The summed E-state index contributed by atoms with van der Waals surface area (Å²) in [5.41, 5.74) is 2.76. The summed E-state index contributed by atoms with van der Waals surface area (Å²) in [7, 11) is 0. The van der Waals surface area contributed by atoms with Gasteiger partial charge >= 0.3 is 6.03 Å². The van der Waals surface area contributed by atoms with Gasteiger partial charge in [0.25, 0.3) is 0 Å². The molecule has 0 bridgehead atoms. The highest BCUT2D eigenvalue weighted by Gasteiger charge is 2.02. The van der Waals surface area contributed by atoms with Crippen LogP contribution in [-0.2, 0) is 5.75 Å². The predicted octanol–water partition coefficient (Wildman–Crippen LogP) is 5.62. The maximum atomic E-state index is 12.0. The van der Waals surface area contributed by atoms with Crippen LogP contribution in [0, 0.1) is 0 Å². The molecule has 0 unspecified atom stereocenters. The van der Waals surface area contributed by atoms with E-state index in [1.807, 2.05) is 72.8 Å². The first-order valence-corrected chi connectivity index (χ1v) is 8.68. The van der Waals surface area contributed by atoms with Gasteiger partial charge in [-0.15, -0.1) is 11.8 Å². The number of hydrogen-bond donors (Lipinski definition) is 2. The Morgan fingerprint density at radius 2 is 1.25 bits per heavy atom. The zero-order valence-corrected chi connectivity index (χ0v) is 13.9. The first-order valence-electron chi connectivity index (χ1n) is 7.69. The van der Waals surface area contributed by atoms with Gasteiger partial charge in [-0.05, 0) is 42.0 Å². The lowest BCUT2D eigenvalue weighted by atomic mass is 10.2. The molecular weight excluding hydrogens is 316 g/mol. The van der Waals surface area contributed by atoms with Gasteiger partial charge in [0.1, 0.15) is 0 Å². The Bertz CT molecular complexity index is 774. The highest BCUT2D eigenvalue weighted by atomic mass is 32.2. The number of para-hydroxylation sites is 1. The Labute approximate surface area is 146 Å². The maximum absolute atomic E-state index is 12.0. The minimum Gasteiger partial charge on any atom is -0.308 e. The monoisotopic (exact) mass is 334 g/mol. The summed E-state index contributed by atoms with van der Waals surface area (Å²) in [6.07, 6.45) is 0. The number of carbonyl (C=O) groups excluding carboxylic acids is 1. The van der Waals surface area contributed by atoms with Crippen molar-refractivity contribution in [2.45, 2.75) is 10.6 Å². The van der Waals surface area contributed by atoms with Gasteiger partial charge in [-0.3, -0.25) is 0 Å². The molecule has 2 amide bonds. The molecule has 3 aromatic rings. The summed E-state index contributed by atoms with van der Waals surface area (Å²) < 4.78 is 0. The number of thioether (sulfide) groups is 1. The number of urea groups is 1. The molecule has 4 heteroatoms. The van der Waals surface area contributed by atoms with Gasteiger partial charge in [0.15, 0.2) is 0 Å². The van der Waals surface area contributed by atoms with Gasteiger partial charge < -0.3 is 10.6 Å². The molecule has 0 aliphatic heterocycles. The van der Waals surface area contributed by atoms with E-state index in [0.717, 1.165) is 17.1 Å². The van der Waals surface area contributed by atoms with Crippen molar-refractivity contribution in [2.24, 2.45) is 0 Å². The molecule has 0 saturated carbocycles. The number of nitrogens with one attached hydrogen (secondary N) is 2. The van der Waals surface area contributed by atoms with Crippen LogP contribution in [0.5, 0.6) is 0 Å². The van der Waals surface area contributed by atoms with Crippen LogP contribution in [0.1, 0.15) is 5.56 Å². The lowest BCUT2D eigenvalue weighted by Crippen LogP contribution is -2.19. The van der Waals surface area contributed by atoms with E-state index in [0.29, 0.717) is 0 Å². The second-order valence-electron chi connectivity index (χ2n) is 5.24. The van der Waals surface area contributed by atoms with Crippen molar-refractivity contribution >= 4 is 29.2 Å². The minimum absolute atomic E-state index is 0.243. The van der Waals surface area contributed by atoms with E-state index in [4.69, 9.17) is 0 Å². The van der Waals surface area contributed by atoms with Crippen molar-refractivity contribution in [3.05, 3.63) is 90.5 Å². The lowest BCUT2D eigenvalue weighted by molar-refractivity contribution is 0.262. The van der Waals surface area contributed by atoms with Gasteiger partial charge in [-0.1, -0.05) is 48.5 Å². The molecule has 2 N–H and O–H groups in total. The third kappa shape index (κ3) is 4.89. The zero-order chi connectivity index (χ0) is 16.6. The molecule has 0 saturated heterocycles. The second-order valence-corrected chi connectivity index (χ2v) is 6.29. The van der Waals surface area contributed by atoms with Gasteiger partial charge in [0.2, 0.25) is 0 Å². The summed E-state index contributed by atoms with van der Waals surface area (Å²) in [5, 5.41) is 5.63. The predicted molar refractivity (Wildman–Crippen MR) is 102 cm³/mol. The molecule has 0 fully saturated rings. The highest BCUT2D eigenvalue weighted by molar-refractivity contribution is 7.98. The number of anilines is 2. The SMILES string of the molecule is O=C(Nc1ccccc1)Nc1ccc(CSc2ccccc2)cc1. The Kier molecular flexibility index (Phi) is 5.53. The van der Waals surface area contributed by atoms with Crippen molar-refractivity contribution < 1.29 is 4.79 Å². The average Bonchev–Trinajstić information content (AvgIpc) is 2.63. The van der Waals surface area contributed by atoms with Crippen LogP contribution in [-0.4, -0.2) is 6.03 Å². The zero-order valence-electron chi connectivity index (χ0n) is 13.1. The van der Waals surface area contributed by atoms with Crippen molar-refractivity contribution in [3.63, 3.8) is 0 Å². The van der Waals surface area contributed by atoms with Crippen LogP contribution in [0.4, 0.5) is 16.2 Å². The highest BCUT2D eigenvalue weighted by Crippen LogP contribution is 2.23. The number of carbonyl (C=O) groups is 1. The van der Waals surface area contributed by atoms with Gasteiger partial charge in [0.05, 0.1) is 0 Å². The van der Waals surface area contributed by atoms with E-state index in [2.05, 4.69) is 22.8 Å². The van der Waals surface area contributed by atoms with Gasteiger partial charge in [-0.2, -0.15) is 0 Å². The smallest absolute Gasteiger partial charge is 0.308 e. The van der Waals surface area contributed by atoms with Crippen LogP contribution >= 0.6 is 11.8 Å². The van der Waals surface area contributed by atoms with Gasteiger partial charge in [-0.25, -0.2) is 4.79 Å². The summed E-state index contributed by atoms with van der Waals surface area (Å²) >= 11 is 1.80. The fourth-order valence-corrected chi connectivity index (χ4v) is 3.06. The summed E-state index contributed by atoms with van der Waals surface area (Å²) in [4.78, 5) is 13.2. The third-order valence-electron chi connectivity index (χ3n) is 3.39. The maximum Gasteiger partial charge on any atom is 0.323 e. The van der Waals surface area contributed by atoms with E-state index in [1.54, 1.807) is 11.8 Å². The molecular formula is C20H18N2OS. The molecule has 0 aliphatic rings. The van der Waals surface area contributed by atoms with E-state index in [-0.39, 0.29) is 6.03 Å². The molecule has 0 aliphatic carbocycles. The first kappa shape index (κ1) is 16.1. The number of amides is 2. The summed E-state index contributed by atoms with van der Waals surface area (Å²) in [6.45, 7) is 0. The first-order chi connectivity index (χ1) is 11.8. The quantitative estimate of drug-likeness (QED) is 0.594. The second kappa shape index (κ2) is 8.22. The van der Waals surface area contributed by atoms with Crippen LogP contribution in [0.2, 0.25) is 0 Å². The minimum atomic E-state index is -0.243. The van der Waals surface area contributed by atoms with Gasteiger partial charge in [0, 0.05) is 22.0 Å². The van der Waals surface area contributed by atoms with E-state index in [1.165, 1.54) is 10.5 Å². The molecule has 0 heterocycles. The number of rotatable bonds is 5. The molecule has 3 rings (SSSR count). The molecule has 0 radical (unpaired) electrons. The van der Waals surface area contributed by atoms with Crippen LogP contribution < -0.4 is 10.6 Å². The normalized spacial score (nSPS) is 10.2. The molecule has 120 valence electrons. The van der Waals surface area contributed by atoms with E-state index < -0.39 is 0 Å². The Morgan fingerprint density at radius 1 is 0.708 bits per heavy atom. The fraction of sp³-hybridized carbons (Fsp3) is 0.0500. The summed E-state index contributed by atoms with van der Waals surface area (Å²) in [6, 6.07) is 27.4. The number of benzene rings is 3. The summed E-state index contributed by atoms with van der Waals surface area (Å²) in [5.74, 6) is 0.903. The van der Waals surface area contributed by atoms with E-state index in [9.17, 15) is 4.79 Å². The van der Waals surface area contributed by atoms with Crippen molar-refractivity contribution in [3.8, 4) is 0 Å². The lowest BCUT2D eigenvalue weighted by Gasteiger charge is -2.08. The fourth-order valence-electron chi connectivity index (χ4n) is 2.18. The van der Waals surface area contributed by atoms with Crippen molar-refractivity contribution in [1.29, 1.82) is 0 Å². The number of hydrogen-bond acceptors (Lipinski definition) is 2. The Balaban J connectivity index is 1.51. The van der Waals surface area contributed by atoms with Crippen molar-refractivity contribution in [2.75, 3.05) is 10.6 Å². The molecule has 0 aromatic heterocycles. The van der Waals surface area contributed by atoms with Crippen molar-refractivity contribution in [1.82, 2.24) is 0 Å². The van der Waals surface area contributed by atoms with Crippen LogP contribution in [0.3, 0.4) is 0 Å². The Morgan fingerprint density at radius 3 is 1.88 bits per heavy atom. The Hall–Kier alpha value is -2.72. The third-order valence-corrected chi connectivity index (χ3v) is 4.48. The molecule has 0 spiro atoms. The molecule has 3 aromatic carbocycles. The topological polar surface area (TPSA) is 41.1 Å². The standard InChI is InChI=1S/C20H18N2OS/c23-20(21-17-7-3-1-4-8-17)22-18-13-11-16(12-14-18)15-24-19-9-5-2-6-10-19/h1-14H,15H2,(H2,21,22,23). The van der Waals surface area contributed by atoms with Crippen LogP contribution in [0.25, 0.3) is 0 Å². The molecule has 3 nitrogen and oxygen atoms in total. The van der Waals surface area contributed by atoms with Crippen LogP contribution in [0.15, 0.2) is 89.8 Å².